The lowest BCUT2D eigenvalue weighted by Gasteiger charge is -2.23. The normalized spacial score (nSPS) is 12.5. The maximum atomic E-state index is 13.3. The van der Waals surface area contributed by atoms with Gasteiger partial charge in [0.15, 0.2) is 5.82 Å². The molecule has 5 aromatic rings. The fourth-order valence-corrected chi connectivity index (χ4v) is 3.93. The quantitative estimate of drug-likeness (QED) is 0.366. The number of rotatable bonds is 6. The van der Waals surface area contributed by atoms with Gasteiger partial charge in [0.05, 0.1) is 35.4 Å². The number of hydrogen-bond donors (Lipinski definition) is 3. The third kappa shape index (κ3) is 3.69. The minimum atomic E-state index is -0.277. The predicted octanol–water partition coefficient (Wildman–Crippen LogP) is 3.41. The number of benzene rings is 1. The third-order valence-corrected chi connectivity index (χ3v) is 5.55. The van der Waals surface area contributed by atoms with E-state index in [0.29, 0.717) is 45.2 Å². The first-order chi connectivity index (χ1) is 15.9. The Morgan fingerprint density at radius 2 is 1.91 bits per heavy atom. The summed E-state index contributed by atoms with van der Waals surface area (Å²) < 4.78 is 6.98. The molecule has 0 radical (unpaired) electrons. The number of anilines is 1. The van der Waals surface area contributed by atoms with E-state index in [-0.39, 0.29) is 17.5 Å². The number of aromatic nitrogens is 7. The molecule has 0 aliphatic carbocycles. The summed E-state index contributed by atoms with van der Waals surface area (Å²) in [6, 6.07) is 7.07. The van der Waals surface area contributed by atoms with E-state index >= 15 is 0 Å². The lowest BCUT2D eigenvalue weighted by atomic mass is 10.0. The minimum absolute atomic E-state index is 0.137. The minimum Gasteiger partial charge on any atom is -0.497 e. The van der Waals surface area contributed by atoms with E-state index in [1.165, 1.54) is 0 Å². The van der Waals surface area contributed by atoms with E-state index < -0.39 is 0 Å². The Bertz CT molecular complexity index is 1500. The summed E-state index contributed by atoms with van der Waals surface area (Å²) in [6.45, 7) is 4.15. The number of nitrogens with zero attached hydrogens (tertiary/aromatic N) is 5. The number of imidazole rings is 1. The Balaban J connectivity index is 1.73. The Labute approximate surface area is 189 Å². The van der Waals surface area contributed by atoms with Gasteiger partial charge in [-0.05, 0) is 24.1 Å². The van der Waals surface area contributed by atoms with Gasteiger partial charge in [-0.15, -0.1) is 0 Å². The molecule has 0 aliphatic heterocycles. The van der Waals surface area contributed by atoms with E-state index in [1.54, 1.807) is 36.4 Å². The predicted molar refractivity (Wildman–Crippen MR) is 126 cm³/mol. The first-order valence-corrected chi connectivity index (χ1v) is 10.6. The highest BCUT2D eigenvalue weighted by atomic mass is 16.5. The SMILES string of the molecule is COc1ccc2[nH]c(-c3c(N[C@H](c4ncccn4)C(C)C)c4nn(C)cc4[nH]c3=O)nc2c1. The highest BCUT2D eigenvalue weighted by Gasteiger charge is 2.25. The molecule has 0 fully saturated rings. The van der Waals surface area contributed by atoms with Crippen LogP contribution >= 0.6 is 0 Å². The molecule has 1 aromatic carbocycles. The largest absolute Gasteiger partial charge is 0.497 e. The van der Waals surface area contributed by atoms with Crippen molar-refractivity contribution in [3.63, 3.8) is 0 Å². The van der Waals surface area contributed by atoms with Crippen LogP contribution in [0.15, 0.2) is 47.7 Å². The molecular formula is C23H24N8O2. The summed E-state index contributed by atoms with van der Waals surface area (Å²) in [7, 11) is 3.42. The van der Waals surface area contributed by atoms with Crippen LogP contribution in [0.3, 0.4) is 0 Å². The van der Waals surface area contributed by atoms with Crippen LogP contribution in [-0.4, -0.2) is 41.8 Å². The van der Waals surface area contributed by atoms with Crippen molar-refractivity contribution in [1.29, 1.82) is 0 Å². The molecule has 33 heavy (non-hydrogen) atoms. The van der Waals surface area contributed by atoms with E-state index in [1.807, 2.05) is 25.2 Å². The first-order valence-electron chi connectivity index (χ1n) is 10.6. The zero-order valence-electron chi connectivity index (χ0n) is 18.7. The van der Waals surface area contributed by atoms with Crippen LogP contribution < -0.4 is 15.6 Å². The lowest BCUT2D eigenvalue weighted by molar-refractivity contribution is 0.415. The number of hydrogen-bond acceptors (Lipinski definition) is 7. The molecule has 10 nitrogen and oxygen atoms in total. The summed E-state index contributed by atoms with van der Waals surface area (Å²) in [5, 5.41) is 8.13. The fourth-order valence-electron chi connectivity index (χ4n) is 3.93. The molecule has 0 aliphatic rings. The molecule has 0 unspecified atom stereocenters. The van der Waals surface area contributed by atoms with Crippen molar-refractivity contribution in [2.75, 3.05) is 12.4 Å². The van der Waals surface area contributed by atoms with Gasteiger partial charge in [-0.3, -0.25) is 9.48 Å². The van der Waals surface area contributed by atoms with Gasteiger partial charge in [-0.25, -0.2) is 15.0 Å². The molecule has 3 N–H and O–H groups in total. The van der Waals surface area contributed by atoms with Crippen LogP contribution in [-0.2, 0) is 7.05 Å². The van der Waals surface area contributed by atoms with E-state index in [9.17, 15) is 4.79 Å². The summed E-state index contributed by atoms with van der Waals surface area (Å²) in [6.07, 6.45) is 5.20. The summed E-state index contributed by atoms with van der Waals surface area (Å²) in [5.74, 6) is 1.90. The van der Waals surface area contributed by atoms with E-state index in [4.69, 9.17) is 9.72 Å². The summed E-state index contributed by atoms with van der Waals surface area (Å²) >= 11 is 0. The highest BCUT2D eigenvalue weighted by Crippen LogP contribution is 2.34. The number of fused-ring (bicyclic) bond motifs is 2. The molecule has 4 aromatic heterocycles. The Morgan fingerprint density at radius 3 is 2.64 bits per heavy atom. The molecule has 0 saturated carbocycles. The second kappa shape index (κ2) is 8.05. The maximum absolute atomic E-state index is 13.3. The molecule has 0 bridgehead atoms. The van der Waals surface area contributed by atoms with Crippen LogP contribution in [0.2, 0.25) is 0 Å². The van der Waals surface area contributed by atoms with Gasteiger partial charge in [-0.2, -0.15) is 5.10 Å². The average Bonchev–Trinajstić information content (AvgIpc) is 3.38. The van der Waals surface area contributed by atoms with Crippen LogP contribution in [0.1, 0.15) is 25.7 Å². The number of pyridine rings is 1. The number of aryl methyl sites for hydroxylation is 1. The van der Waals surface area contributed by atoms with Gasteiger partial charge in [-0.1, -0.05) is 13.8 Å². The van der Waals surface area contributed by atoms with Crippen molar-refractivity contribution >= 4 is 27.8 Å². The third-order valence-electron chi connectivity index (χ3n) is 5.55. The maximum Gasteiger partial charge on any atom is 0.261 e. The van der Waals surface area contributed by atoms with Gasteiger partial charge in [0.25, 0.3) is 5.56 Å². The van der Waals surface area contributed by atoms with Crippen LogP contribution in [0.5, 0.6) is 5.75 Å². The van der Waals surface area contributed by atoms with Crippen molar-refractivity contribution < 1.29 is 4.74 Å². The molecule has 0 saturated heterocycles. The number of nitrogens with one attached hydrogen (secondary N) is 3. The Kier molecular flexibility index (Phi) is 5.04. The molecular weight excluding hydrogens is 420 g/mol. The molecule has 0 amide bonds. The summed E-state index contributed by atoms with van der Waals surface area (Å²) in [5.41, 5.74) is 3.42. The number of ether oxygens (including phenoxy) is 1. The highest BCUT2D eigenvalue weighted by molar-refractivity contribution is 5.96. The number of methoxy groups -OCH3 is 1. The Morgan fingerprint density at radius 1 is 1.12 bits per heavy atom. The second-order valence-corrected chi connectivity index (χ2v) is 8.21. The standard InChI is InChI=1S/C23H24N8O2/c1-12(2)18(22-24-8-5-9-25-22)29-20-17(23(32)28-16-11-31(3)30-19(16)20)21-26-14-7-6-13(33-4)10-15(14)27-21/h5-12,18,29H,1-4H3,(H,26,27)(H,28,32)/t18-/m0/s1. The average molecular weight is 444 g/mol. The van der Waals surface area contributed by atoms with Gasteiger partial charge < -0.3 is 20.0 Å². The van der Waals surface area contributed by atoms with E-state index in [0.717, 1.165) is 5.52 Å². The molecule has 0 spiro atoms. The second-order valence-electron chi connectivity index (χ2n) is 8.21. The molecule has 168 valence electrons. The molecule has 4 heterocycles. The topological polar surface area (TPSA) is 126 Å². The zero-order valence-corrected chi connectivity index (χ0v) is 18.7. The van der Waals surface area contributed by atoms with Crippen LogP contribution in [0.25, 0.3) is 33.5 Å². The van der Waals surface area contributed by atoms with Gasteiger partial charge >= 0.3 is 0 Å². The smallest absolute Gasteiger partial charge is 0.261 e. The van der Waals surface area contributed by atoms with Gasteiger partial charge in [0, 0.05) is 31.7 Å². The van der Waals surface area contributed by atoms with E-state index in [2.05, 4.69) is 44.2 Å². The number of H-pyrrole nitrogens is 2. The van der Waals surface area contributed by atoms with Crippen LogP contribution in [0.4, 0.5) is 5.69 Å². The van der Waals surface area contributed by atoms with Crippen molar-refractivity contribution in [2.45, 2.75) is 19.9 Å². The van der Waals surface area contributed by atoms with Crippen molar-refractivity contribution in [3.05, 3.63) is 59.0 Å². The zero-order chi connectivity index (χ0) is 23.1. The van der Waals surface area contributed by atoms with Gasteiger partial charge in [0.2, 0.25) is 0 Å². The van der Waals surface area contributed by atoms with Crippen LogP contribution in [0, 0.1) is 5.92 Å². The molecule has 1 atom stereocenters. The molecule has 5 rings (SSSR count). The Hall–Kier alpha value is -4.21. The fraction of sp³-hybridized carbons (Fsp3) is 0.261. The first kappa shape index (κ1) is 20.7. The molecule has 10 heteroatoms. The van der Waals surface area contributed by atoms with Crippen molar-refractivity contribution in [1.82, 2.24) is 34.7 Å². The number of aromatic amines is 2. The summed E-state index contributed by atoms with van der Waals surface area (Å²) in [4.78, 5) is 33.1. The lowest BCUT2D eigenvalue weighted by Crippen LogP contribution is -2.22. The van der Waals surface area contributed by atoms with Crippen molar-refractivity contribution in [2.24, 2.45) is 13.0 Å². The monoisotopic (exact) mass is 444 g/mol. The van der Waals surface area contributed by atoms with Crippen molar-refractivity contribution in [3.8, 4) is 17.1 Å². The van der Waals surface area contributed by atoms with Gasteiger partial charge in [0.1, 0.15) is 22.7 Å².